The molecule has 1 rings (SSSR count). The molecule has 0 atom stereocenters. The number of urea groups is 1. The van der Waals surface area contributed by atoms with Gasteiger partial charge in [-0.05, 0) is 38.5 Å². The summed E-state index contributed by atoms with van der Waals surface area (Å²) in [4.78, 5) is 14.0. The van der Waals surface area contributed by atoms with Crippen LogP contribution in [0.2, 0.25) is 0 Å². The molecule has 1 aromatic rings. The number of amides is 2. The van der Waals surface area contributed by atoms with Crippen molar-refractivity contribution in [2.75, 3.05) is 26.2 Å². The first-order valence-corrected chi connectivity index (χ1v) is 7.45. The predicted molar refractivity (Wildman–Crippen MR) is 83.8 cm³/mol. The van der Waals surface area contributed by atoms with Gasteiger partial charge in [-0.15, -0.1) is 0 Å². The van der Waals surface area contributed by atoms with Gasteiger partial charge in [0.25, 0.3) is 0 Å². The highest BCUT2D eigenvalue weighted by Crippen LogP contribution is 2.02. The number of aryl methyl sites for hydroxylation is 1. The average molecular weight is 277 g/mol. The molecule has 0 aliphatic heterocycles. The maximum absolute atomic E-state index is 11.6. The molecular weight excluding hydrogens is 250 g/mol. The summed E-state index contributed by atoms with van der Waals surface area (Å²) in [6.07, 6.45) is 0.986. The fourth-order valence-corrected chi connectivity index (χ4v) is 2.11. The van der Waals surface area contributed by atoms with E-state index >= 15 is 0 Å². The summed E-state index contributed by atoms with van der Waals surface area (Å²) < 4.78 is 0. The van der Waals surface area contributed by atoms with Gasteiger partial charge in [0.1, 0.15) is 0 Å². The van der Waals surface area contributed by atoms with E-state index in [1.807, 2.05) is 12.1 Å². The molecule has 0 aliphatic carbocycles. The molecule has 0 spiro atoms. The Bertz CT molecular complexity index is 402. The quantitative estimate of drug-likeness (QED) is 0.717. The molecule has 0 aromatic heterocycles. The van der Waals surface area contributed by atoms with E-state index in [1.54, 1.807) is 0 Å². The van der Waals surface area contributed by atoms with Crippen LogP contribution in [0, 0.1) is 6.92 Å². The van der Waals surface area contributed by atoms with E-state index < -0.39 is 0 Å². The number of hydrogen-bond donors (Lipinski definition) is 2. The molecular formula is C16H27N3O. The van der Waals surface area contributed by atoms with Crippen LogP contribution in [0.5, 0.6) is 0 Å². The average Bonchev–Trinajstić information content (AvgIpc) is 2.45. The van der Waals surface area contributed by atoms with Crippen LogP contribution in [0.25, 0.3) is 0 Å². The minimum Gasteiger partial charge on any atom is -0.338 e. The first-order valence-electron chi connectivity index (χ1n) is 7.45. The second-order valence-electron chi connectivity index (χ2n) is 4.98. The second kappa shape index (κ2) is 9.37. The SMILES string of the molecule is CCN(CC)CCCNC(=O)NCc1cccc(C)c1. The molecule has 0 bridgehead atoms. The third-order valence-electron chi connectivity index (χ3n) is 3.37. The van der Waals surface area contributed by atoms with E-state index in [9.17, 15) is 4.79 Å². The Morgan fingerprint density at radius 1 is 1.20 bits per heavy atom. The molecule has 0 aliphatic rings. The van der Waals surface area contributed by atoms with Gasteiger partial charge >= 0.3 is 6.03 Å². The molecule has 112 valence electrons. The fourth-order valence-electron chi connectivity index (χ4n) is 2.11. The van der Waals surface area contributed by atoms with E-state index in [2.05, 4.69) is 48.4 Å². The zero-order valence-electron chi connectivity index (χ0n) is 12.9. The molecule has 0 unspecified atom stereocenters. The summed E-state index contributed by atoms with van der Waals surface area (Å²) in [6, 6.07) is 8.07. The lowest BCUT2D eigenvalue weighted by Gasteiger charge is -2.17. The number of nitrogens with one attached hydrogen (secondary N) is 2. The van der Waals surface area contributed by atoms with Gasteiger partial charge in [-0.2, -0.15) is 0 Å². The monoisotopic (exact) mass is 277 g/mol. The van der Waals surface area contributed by atoms with Crippen LogP contribution < -0.4 is 10.6 Å². The van der Waals surface area contributed by atoms with Crippen molar-refractivity contribution in [2.24, 2.45) is 0 Å². The predicted octanol–water partition coefficient (Wildman–Crippen LogP) is 2.53. The van der Waals surface area contributed by atoms with Crippen molar-refractivity contribution in [1.82, 2.24) is 15.5 Å². The minimum absolute atomic E-state index is 0.0916. The summed E-state index contributed by atoms with van der Waals surface area (Å²) >= 11 is 0. The maximum atomic E-state index is 11.6. The lowest BCUT2D eigenvalue weighted by molar-refractivity contribution is 0.239. The number of carbonyl (C=O) groups is 1. The number of rotatable bonds is 8. The fraction of sp³-hybridized carbons (Fsp3) is 0.562. The van der Waals surface area contributed by atoms with Crippen LogP contribution in [0.1, 0.15) is 31.4 Å². The van der Waals surface area contributed by atoms with Crippen molar-refractivity contribution in [3.63, 3.8) is 0 Å². The van der Waals surface area contributed by atoms with E-state index in [-0.39, 0.29) is 6.03 Å². The van der Waals surface area contributed by atoms with Gasteiger partial charge in [-0.25, -0.2) is 4.79 Å². The van der Waals surface area contributed by atoms with Crippen LogP contribution >= 0.6 is 0 Å². The number of carbonyl (C=O) groups excluding carboxylic acids is 1. The largest absolute Gasteiger partial charge is 0.338 e. The Morgan fingerprint density at radius 2 is 1.95 bits per heavy atom. The molecule has 0 fully saturated rings. The van der Waals surface area contributed by atoms with Crippen molar-refractivity contribution in [2.45, 2.75) is 33.7 Å². The summed E-state index contributed by atoms with van der Waals surface area (Å²) in [7, 11) is 0. The second-order valence-corrected chi connectivity index (χ2v) is 4.98. The van der Waals surface area contributed by atoms with E-state index in [1.165, 1.54) is 5.56 Å². The van der Waals surface area contributed by atoms with Gasteiger partial charge < -0.3 is 15.5 Å². The zero-order chi connectivity index (χ0) is 14.8. The van der Waals surface area contributed by atoms with Crippen LogP contribution in [0.15, 0.2) is 24.3 Å². The highest BCUT2D eigenvalue weighted by atomic mass is 16.2. The molecule has 20 heavy (non-hydrogen) atoms. The van der Waals surface area contributed by atoms with E-state index in [0.29, 0.717) is 6.54 Å². The van der Waals surface area contributed by atoms with Crippen molar-refractivity contribution in [3.8, 4) is 0 Å². The molecule has 4 nitrogen and oxygen atoms in total. The van der Waals surface area contributed by atoms with Gasteiger partial charge in [0.05, 0.1) is 0 Å². The summed E-state index contributed by atoms with van der Waals surface area (Å²) in [6.45, 7) is 10.8. The number of nitrogens with zero attached hydrogens (tertiary/aromatic N) is 1. The summed E-state index contributed by atoms with van der Waals surface area (Å²) in [5, 5.41) is 5.77. The lowest BCUT2D eigenvalue weighted by atomic mass is 10.1. The molecule has 0 heterocycles. The molecule has 4 heteroatoms. The smallest absolute Gasteiger partial charge is 0.315 e. The maximum Gasteiger partial charge on any atom is 0.315 e. The van der Waals surface area contributed by atoms with Crippen molar-refractivity contribution in [3.05, 3.63) is 35.4 Å². The third-order valence-corrected chi connectivity index (χ3v) is 3.37. The van der Waals surface area contributed by atoms with Crippen molar-refractivity contribution >= 4 is 6.03 Å². The molecule has 0 saturated carbocycles. The van der Waals surface area contributed by atoms with Crippen LogP contribution in [-0.4, -0.2) is 37.1 Å². The first-order chi connectivity index (χ1) is 9.65. The third kappa shape index (κ3) is 6.57. The first kappa shape index (κ1) is 16.5. The van der Waals surface area contributed by atoms with Gasteiger partial charge in [0.2, 0.25) is 0 Å². The molecule has 1 aromatic carbocycles. The standard InChI is InChI=1S/C16H27N3O/c1-4-19(5-2)11-7-10-17-16(20)18-13-15-9-6-8-14(3)12-15/h6,8-9,12H,4-5,7,10-11,13H2,1-3H3,(H2,17,18,20). The highest BCUT2D eigenvalue weighted by molar-refractivity contribution is 5.73. The lowest BCUT2D eigenvalue weighted by Crippen LogP contribution is -2.36. The van der Waals surface area contributed by atoms with Gasteiger partial charge in [-0.1, -0.05) is 43.7 Å². The minimum atomic E-state index is -0.0916. The van der Waals surface area contributed by atoms with Gasteiger partial charge in [-0.3, -0.25) is 0 Å². The Kier molecular flexibility index (Phi) is 7.73. The van der Waals surface area contributed by atoms with Gasteiger partial charge in [0, 0.05) is 13.1 Å². The zero-order valence-corrected chi connectivity index (χ0v) is 12.9. The van der Waals surface area contributed by atoms with Crippen LogP contribution in [-0.2, 0) is 6.54 Å². The molecule has 0 saturated heterocycles. The van der Waals surface area contributed by atoms with Gasteiger partial charge in [0.15, 0.2) is 0 Å². The topological polar surface area (TPSA) is 44.4 Å². The van der Waals surface area contributed by atoms with E-state index in [4.69, 9.17) is 0 Å². The number of benzene rings is 1. The summed E-state index contributed by atoms with van der Waals surface area (Å²) in [5.41, 5.74) is 2.34. The molecule has 2 N–H and O–H groups in total. The molecule has 2 amide bonds. The highest BCUT2D eigenvalue weighted by Gasteiger charge is 2.01. The van der Waals surface area contributed by atoms with Crippen molar-refractivity contribution < 1.29 is 4.79 Å². The Hall–Kier alpha value is -1.55. The Balaban J connectivity index is 2.14. The van der Waals surface area contributed by atoms with E-state index in [0.717, 1.165) is 38.2 Å². The van der Waals surface area contributed by atoms with Crippen LogP contribution in [0.3, 0.4) is 0 Å². The normalized spacial score (nSPS) is 10.6. The van der Waals surface area contributed by atoms with Crippen molar-refractivity contribution in [1.29, 1.82) is 0 Å². The Labute approximate surface area is 122 Å². The van der Waals surface area contributed by atoms with Crippen LogP contribution in [0.4, 0.5) is 4.79 Å². The molecule has 0 radical (unpaired) electrons. The number of hydrogen-bond acceptors (Lipinski definition) is 2. The summed E-state index contributed by atoms with van der Waals surface area (Å²) in [5.74, 6) is 0. The Morgan fingerprint density at radius 3 is 2.60 bits per heavy atom.